The van der Waals surface area contributed by atoms with Crippen LogP contribution in [0.15, 0.2) is 30.8 Å². The Morgan fingerprint density at radius 1 is 1.25 bits per heavy atom. The number of hydrogen-bond acceptors (Lipinski definition) is 0. The lowest BCUT2D eigenvalue weighted by molar-refractivity contribution is 1.64. The van der Waals surface area contributed by atoms with E-state index in [-0.39, 0.29) is 0 Å². The predicted octanol–water partition coefficient (Wildman–Crippen LogP) is 3.03. The molecule has 0 radical (unpaired) electrons. The van der Waals surface area contributed by atoms with Crippen LogP contribution in [0.25, 0.3) is 6.08 Å². The fraction of sp³-hybridized carbons (Fsp3) is 0. The number of hydrogen-bond donors (Lipinski definition) is 0. The van der Waals surface area contributed by atoms with Gasteiger partial charge in [0.25, 0.3) is 0 Å². The molecular formula is C9H8Cl2Si. The van der Waals surface area contributed by atoms with Gasteiger partial charge in [0.1, 0.15) is 0 Å². The van der Waals surface area contributed by atoms with Gasteiger partial charge in [-0.15, -0.1) is 22.2 Å². The van der Waals surface area contributed by atoms with Crippen molar-refractivity contribution >= 4 is 40.9 Å². The van der Waals surface area contributed by atoms with E-state index in [9.17, 15) is 0 Å². The molecule has 12 heavy (non-hydrogen) atoms. The molecule has 0 saturated carbocycles. The molecule has 0 fully saturated rings. The van der Waals surface area contributed by atoms with Crippen molar-refractivity contribution in [2.24, 2.45) is 0 Å². The molecule has 0 unspecified atom stereocenters. The normalized spacial score (nSPS) is 9.17. The van der Waals surface area contributed by atoms with Crippen LogP contribution in [0.5, 0.6) is 0 Å². The molecular weight excluding hydrogens is 207 g/mol. The Bertz CT molecular complexity index is 314. The maximum Gasteiger partial charge on any atom is 0.233 e. The molecule has 0 heterocycles. The minimum absolute atomic E-state index is 1.06. The summed E-state index contributed by atoms with van der Waals surface area (Å²) in [7, 11) is -1.33. The average molecular weight is 215 g/mol. The number of halogens is 2. The van der Waals surface area contributed by atoms with Gasteiger partial charge in [0, 0.05) is 0 Å². The molecule has 0 aliphatic carbocycles. The summed E-state index contributed by atoms with van der Waals surface area (Å²) in [5, 5.41) is 0. The molecule has 0 saturated heterocycles. The first-order valence-corrected chi connectivity index (χ1v) is 7.07. The Kier molecular flexibility index (Phi) is 3.73. The second-order valence-corrected chi connectivity index (χ2v) is 6.20. The van der Waals surface area contributed by atoms with Crippen molar-refractivity contribution in [3.8, 4) is 0 Å². The Morgan fingerprint density at radius 2 is 1.92 bits per heavy atom. The van der Waals surface area contributed by atoms with Crippen LogP contribution in [-0.4, -0.2) is 12.7 Å². The Balaban J connectivity index is 3.02. The molecule has 1 rings (SSSR count). The minimum atomic E-state index is -1.33. The molecule has 0 N–H and O–H groups in total. The summed E-state index contributed by atoms with van der Waals surface area (Å²) in [6.45, 7) is 3.68. The van der Waals surface area contributed by atoms with Crippen molar-refractivity contribution in [3.63, 3.8) is 0 Å². The van der Waals surface area contributed by atoms with Crippen molar-refractivity contribution in [3.05, 3.63) is 42.0 Å². The van der Waals surface area contributed by atoms with E-state index in [0.29, 0.717) is 0 Å². The van der Waals surface area contributed by atoms with Crippen LogP contribution >= 0.6 is 22.2 Å². The molecule has 0 aliphatic heterocycles. The second kappa shape index (κ2) is 4.60. The van der Waals surface area contributed by atoms with Crippen LogP contribution in [0.4, 0.5) is 0 Å². The molecule has 0 atom stereocenters. The largest absolute Gasteiger partial charge is 0.233 e. The van der Waals surface area contributed by atoms with Gasteiger partial charge in [0.2, 0.25) is 7.03 Å². The van der Waals surface area contributed by atoms with Crippen LogP contribution in [0.2, 0.25) is 0 Å². The highest BCUT2D eigenvalue weighted by molar-refractivity contribution is 7.34. The quantitative estimate of drug-likeness (QED) is 0.525. The highest BCUT2D eigenvalue weighted by atomic mass is 35.7. The molecule has 62 valence electrons. The summed E-state index contributed by atoms with van der Waals surface area (Å²) in [5.74, 6) is 0. The van der Waals surface area contributed by atoms with Crippen molar-refractivity contribution in [2.45, 2.75) is 0 Å². The van der Waals surface area contributed by atoms with Gasteiger partial charge in [-0.3, -0.25) is 0 Å². The Labute approximate surface area is 83.1 Å². The summed E-state index contributed by atoms with van der Waals surface area (Å²) in [4.78, 5) is 0. The van der Waals surface area contributed by atoms with E-state index in [4.69, 9.17) is 22.2 Å². The average Bonchev–Trinajstić information content (AvgIpc) is 2.03. The molecule has 0 nitrogen and oxygen atoms in total. The van der Waals surface area contributed by atoms with E-state index in [1.165, 1.54) is 0 Å². The summed E-state index contributed by atoms with van der Waals surface area (Å²) < 4.78 is 0. The maximum absolute atomic E-state index is 5.69. The van der Waals surface area contributed by atoms with Crippen LogP contribution < -0.4 is 0 Å². The third-order valence-electron chi connectivity index (χ3n) is 1.42. The van der Waals surface area contributed by atoms with Gasteiger partial charge in [-0.25, -0.2) is 0 Å². The second-order valence-electron chi connectivity index (χ2n) is 2.31. The van der Waals surface area contributed by atoms with Gasteiger partial charge in [0.05, 0.1) is 0 Å². The standard InChI is InChI=1S/C9H8Cl2Si/c1-2-8-4-3-5-9(6-8)7-12(10)11/h2-7H,1H2. The van der Waals surface area contributed by atoms with Crippen molar-refractivity contribution < 1.29 is 0 Å². The topological polar surface area (TPSA) is 0 Å². The van der Waals surface area contributed by atoms with Gasteiger partial charge in [-0.2, -0.15) is 0 Å². The fourth-order valence-corrected chi connectivity index (χ4v) is 2.09. The highest BCUT2D eigenvalue weighted by Crippen LogP contribution is 2.04. The smallest absolute Gasteiger partial charge is 0.118 e. The molecule has 0 bridgehead atoms. The molecule has 0 aliphatic rings. The van der Waals surface area contributed by atoms with Gasteiger partial charge in [-0.1, -0.05) is 30.9 Å². The summed E-state index contributed by atoms with van der Waals surface area (Å²) >= 11 is 11.4. The Hall–Kier alpha value is -0.373. The van der Waals surface area contributed by atoms with E-state index in [1.807, 2.05) is 29.9 Å². The zero-order valence-electron chi connectivity index (χ0n) is 6.43. The zero-order chi connectivity index (χ0) is 8.97. The lowest BCUT2D eigenvalue weighted by Crippen LogP contribution is -1.89. The van der Waals surface area contributed by atoms with Crippen LogP contribution in [0.3, 0.4) is 0 Å². The van der Waals surface area contributed by atoms with Crippen LogP contribution in [0.1, 0.15) is 11.1 Å². The third-order valence-corrected chi connectivity index (χ3v) is 2.63. The van der Waals surface area contributed by atoms with E-state index in [2.05, 4.69) is 6.58 Å². The van der Waals surface area contributed by atoms with Crippen molar-refractivity contribution in [1.82, 2.24) is 0 Å². The van der Waals surface area contributed by atoms with Gasteiger partial charge in [-0.05, 0) is 22.9 Å². The van der Waals surface area contributed by atoms with Gasteiger partial charge in [0.15, 0.2) is 0 Å². The predicted molar refractivity (Wildman–Crippen MR) is 59.2 cm³/mol. The lowest BCUT2D eigenvalue weighted by atomic mass is 10.1. The molecule has 0 amide bonds. The number of benzene rings is 1. The molecule has 1 aromatic carbocycles. The number of rotatable bonds is 2. The van der Waals surface area contributed by atoms with E-state index in [0.717, 1.165) is 11.1 Å². The third kappa shape index (κ3) is 2.93. The minimum Gasteiger partial charge on any atom is -0.118 e. The van der Waals surface area contributed by atoms with Crippen molar-refractivity contribution in [1.29, 1.82) is 0 Å². The highest BCUT2D eigenvalue weighted by Gasteiger charge is 1.91. The molecule has 3 heteroatoms. The first-order chi connectivity index (χ1) is 5.72. The first-order valence-electron chi connectivity index (χ1n) is 3.47. The summed E-state index contributed by atoms with van der Waals surface area (Å²) in [5.41, 5.74) is 4.02. The lowest BCUT2D eigenvalue weighted by Gasteiger charge is -1.95. The van der Waals surface area contributed by atoms with Gasteiger partial charge >= 0.3 is 0 Å². The van der Waals surface area contributed by atoms with E-state index in [1.54, 1.807) is 6.08 Å². The van der Waals surface area contributed by atoms with Crippen LogP contribution in [-0.2, 0) is 0 Å². The molecule has 1 aromatic rings. The molecule has 0 aromatic heterocycles. The monoisotopic (exact) mass is 214 g/mol. The fourth-order valence-electron chi connectivity index (χ4n) is 0.902. The van der Waals surface area contributed by atoms with Gasteiger partial charge < -0.3 is 0 Å². The van der Waals surface area contributed by atoms with Crippen molar-refractivity contribution in [2.75, 3.05) is 0 Å². The zero-order valence-corrected chi connectivity index (χ0v) is 8.94. The summed E-state index contributed by atoms with van der Waals surface area (Å²) in [6.07, 6.45) is 1.80. The summed E-state index contributed by atoms with van der Waals surface area (Å²) in [6, 6.07) is 7.92. The Morgan fingerprint density at radius 3 is 2.50 bits per heavy atom. The molecule has 0 spiro atoms. The van der Waals surface area contributed by atoms with Crippen LogP contribution in [0, 0.1) is 0 Å². The SMILES string of the molecule is C=Cc1cccc(C=[Si](Cl)Cl)c1. The van der Waals surface area contributed by atoms with E-state index < -0.39 is 7.03 Å². The van der Waals surface area contributed by atoms with E-state index >= 15 is 0 Å². The maximum atomic E-state index is 5.69. The first kappa shape index (κ1) is 9.71.